The maximum atomic E-state index is 12.4. The number of carbonyl (C=O) groups excluding carboxylic acids is 1. The summed E-state index contributed by atoms with van der Waals surface area (Å²) in [4.78, 5) is 23.3. The molecule has 0 radical (unpaired) electrons. The Kier molecular flexibility index (Phi) is 5.95. The fourth-order valence-electron chi connectivity index (χ4n) is 2.24. The van der Waals surface area contributed by atoms with Crippen LogP contribution in [0.25, 0.3) is 0 Å². The molecule has 1 aromatic heterocycles. The van der Waals surface area contributed by atoms with Gasteiger partial charge in [0.2, 0.25) is 0 Å². The highest BCUT2D eigenvalue weighted by molar-refractivity contribution is 7.12. The number of nitro groups is 1. The van der Waals surface area contributed by atoms with Crippen molar-refractivity contribution in [1.29, 1.82) is 0 Å². The number of thiophene rings is 1. The molecule has 3 aromatic rings. The first-order chi connectivity index (χ1) is 12.9. The summed E-state index contributed by atoms with van der Waals surface area (Å²) in [7, 11) is 0. The van der Waals surface area contributed by atoms with Gasteiger partial charge in [-0.05, 0) is 41.8 Å². The Morgan fingerprint density at radius 1 is 1.15 bits per heavy atom. The van der Waals surface area contributed by atoms with Crippen molar-refractivity contribution in [3.63, 3.8) is 0 Å². The zero-order valence-corrected chi connectivity index (χ0v) is 16.0. The summed E-state index contributed by atoms with van der Waals surface area (Å²) in [5.74, 6) is 0.177. The highest BCUT2D eigenvalue weighted by Gasteiger charge is 2.18. The average molecular weight is 423 g/mol. The predicted molar refractivity (Wildman–Crippen MR) is 106 cm³/mol. The first-order valence-electron chi connectivity index (χ1n) is 7.63. The van der Waals surface area contributed by atoms with E-state index in [0.717, 1.165) is 5.56 Å². The number of benzene rings is 2. The van der Waals surface area contributed by atoms with Gasteiger partial charge in [-0.25, -0.2) is 0 Å². The van der Waals surface area contributed by atoms with E-state index >= 15 is 0 Å². The molecule has 0 fully saturated rings. The minimum Gasteiger partial charge on any atom is -0.489 e. The second kappa shape index (κ2) is 8.39. The summed E-state index contributed by atoms with van der Waals surface area (Å²) < 4.78 is 5.63. The number of nitrogens with one attached hydrogen (secondary N) is 1. The number of nitrogens with zero attached hydrogens (tertiary/aromatic N) is 1. The monoisotopic (exact) mass is 422 g/mol. The van der Waals surface area contributed by atoms with Gasteiger partial charge in [0, 0.05) is 21.7 Å². The van der Waals surface area contributed by atoms with Crippen molar-refractivity contribution in [3.8, 4) is 5.75 Å². The molecule has 0 aliphatic rings. The van der Waals surface area contributed by atoms with Crippen molar-refractivity contribution in [1.82, 2.24) is 0 Å². The lowest BCUT2D eigenvalue weighted by Gasteiger charge is -2.05. The highest BCUT2D eigenvalue weighted by Crippen LogP contribution is 2.29. The van der Waals surface area contributed by atoms with Crippen LogP contribution in [0.5, 0.6) is 5.75 Å². The topological polar surface area (TPSA) is 81.5 Å². The molecule has 27 heavy (non-hydrogen) atoms. The van der Waals surface area contributed by atoms with Gasteiger partial charge in [0.05, 0.1) is 9.80 Å². The van der Waals surface area contributed by atoms with Crippen LogP contribution in [0.2, 0.25) is 10.0 Å². The number of hydrogen-bond donors (Lipinski definition) is 1. The maximum Gasteiger partial charge on any atom is 0.294 e. The minimum atomic E-state index is -0.597. The molecule has 0 atom stereocenters. The second-order valence-electron chi connectivity index (χ2n) is 5.44. The molecule has 0 spiro atoms. The van der Waals surface area contributed by atoms with Gasteiger partial charge in [-0.1, -0.05) is 29.3 Å². The Hall–Kier alpha value is -2.61. The molecule has 0 unspecified atom stereocenters. The molecule has 0 bridgehead atoms. The van der Waals surface area contributed by atoms with Gasteiger partial charge in [-0.2, -0.15) is 0 Å². The van der Waals surface area contributed by atoms with E-state index in [1.165, 1.54) is 29.5 Å². The predicted octanol–water partition coefficient (Wildman–Crippen LogP) is 5.79. The van der Waals surface area contributed by atoms with Gasteiger partial charge >= 0.3 is 0 Å². The first kappa shape index (κ1) is 19.2. The lowest BCUT2D eigenvalue weighted by Crippen LogP contribution is -2.11. The van der Waals surface area contributed by atoms with Crippen molar-refractivity contribution in [2.75, 3.05) is 5.32 Å². The quantitative estimate of drug-likeness (QED) is 0.402. The van der Waals surface area contributed by atoms with Crippen LogP contribution in [0.3, 0.4) is 0 Å². The number of nitro benzene ring substituents is 1. The van der Waals surface area contributed by atoms with Crippen molar-refractivity contribution in [2.24, 2.45) is 0 Å². The standard InChI is InChI=1S/C18H12Cl2N2O4S/c19-12-2-1-3-14(7-12)26-9-11-6-17(27-10-11)18(23)21-15-5-4-13(20)8-16(15)22(24)25/h1-8,10H,9H2,(H,21,23). The molecule has 6 nitrogen and oxygen atoms in total. The van der Waals surface area contributed by atoms with E-state index in [-0.39, 0.29) is 23.0 Å². The first-order valence-corrected chi connectivity index (χ1v) is 9.27. The zero-order valence-electron chi connectivity index (χ0n) is 13.6. The third kappa shape index (κ3) is 4.97. The van der Waals surface area contributed by atoms with E-state index < -0.39 is 10.8 Å². The summed E-state index contributed by atoms with van der Waals surface area (Å²) in [5, 5.41) is 16.2. The van der Waals surface area contributed by atoms with Gasteiger partial charge in [0.1, 0.15) is 18.0 Å². The number of amides is 1. The summed E-state index contributed by atoms with van der Waals surface area (Å²) in [6, 6.07) is 12.7. The molecule has 0 aliphatic carbocycles. The fourth-order valence-corrected chi connectivity index (χ4v) is 3.38. The number of carbonyl (C=O) groups is 1. The SMILES string of the molecule is O=C(Nc1ccc(Cl)cc1[N+](=O)[O-])c1cc(COc2cccc(Cl)c2)cs1. The van der Waals surface area contributed by atoms with Gasteiger partial charge in [-0.3, -0.25) is 14.9 Å². The third-order valence-corrected chi connectivity index (χ3v) is 4.93. The molecule has 0 saturated carbocycles. The molecule has 0 aliphatic heterocycles. The fraction of sp³-hybridized carbons (Fsp3) is 0.0556. The van der Waals surface area contributed by atoms with Crippen LogP contribution in [0.1, 0.15) is 15.2 Å². The number of halogens is 2. The van der Waals surface area contributed by atoms with Crippen molar-refractivity contribution < 1.29 is 14.5 Å². The Labute approximate surface area is 168 Å². The van der Waals surface area contributed by atoms with Crippen molar-refractivity contribution in [3.05, 3.63) is 84.5 Å². The largest absolute Gasteiger partial charge is 0.489 e. The van der Waals surface area contributed by atoms with E-state index in [1.807, 2.05) is 0 Å². The molecular weight excluding hydrogens is 411 g/mol. The molecule has 1 heterocycles. The number of hydrogen-bond acceptors (Lipinski definition) is 5. The summed E-state index contributed by atoms with van der Waals surface area (Å²) >= 11 is 12.9. The summed E-state index contributed by atoms with van der Waals surface area (Å²) in [5.41, 5.74) is 0.618. The van der Waals surface area contributed by atoms with Crippen LogP contribution >= 0.6 is 34.5 Å². The van der Waals surface area contributed by atoms with E-state index in [2.05, 4.69) is 5.32 Å². The van der Waals surface area contributed by atoms with Crippen LogP contribution < -0.4 is 10.1 Å². The van der Waals surface area contributed by atoms with Crippen LogP contribution in [0.15, 0.2) is 53.9 Å². The lowest BCUT2D eigenvalue weighted by molar-refractivity contribution is -0.383. The third-order valence-electron chi connectivity index (χ3n) is 3.48. The van der Waals surface area contributed by atoms with Gasteiger partial charge < -0.3 is 10.1 Å². The highest BCUT2D eigenvalue weighted by atomic mass is 35.5. The van der Waals surface area contributed by atoms with Crippen LogP contribution in [0.4, 0.5) is 11.4 Å². The smallest absolute Gasteiger partial charge is 0.294 e. The van der Waals surface area contributed by atoms with Gasteiger partial charge in [0.25, 0.3) is 11.6 Å². The van der Waals surface area contributed by atoms with Crippen molar-refractivity contribution >= 4 is 51.8 Å². The molecule has 0 saturated heterocycles. The van der Waals surface area contributed by atoms with E-state index in [4.69, 9.17) is 27.9 Å². The molecule has 9 heteroatoms. The number of rotatable bonds is 6. The lowest BCUT2D eigenvalue weighted by atomic mass is 10.2. The Morgan fingerprint density at radius 2 is 1.93 bits per heavy atom. The average Bonchev–Trinajstić information content (AvgIpc) is 3.10. The molecule has 3 rings (SSSR count). The Balaban J connectivity index is 1.68. The minimum absolute atomic E-state index is 0.0829. The van der Waals surface area contributed by atoms with E-state index in [9.17, 15) is 14.9 Å². The van der Waals surface area contributed by atoms with Crippen LogP contribution in [0, 0.1) is 10.1 Å². The second-order valence-corrected chi connectivity index (χ2v) is 7.22. The number of anilines is 1. The van der Waals surface area contributed by atoms with Crippen LogP contribution in [-0.4, -0.2) is 10.8 Å². The number of ether oxygens (including phenoxy) is 1. The van der Waals surface area contributed by atoms with Gasteiger partial charge in [-0.15, -0.1) is 11.3 Å². The van der Waals surface area contributed by atoms with E-state index in [1.54, 1.807) is 35.7 Å². The Morgan fingerprint density at radius 3 is 2.67 bits per heavy atom. The molecule has 1 amide bonds. The molecule has 1 N–H and O–H groups in total. The summed E-state index contributed by atoms with van der Waals surface area (Å²) in [6.07, 6.45) is 0. The van der Waals surface area contributed by atoms with E-state index in [0.29, 0.717) is 15.6 Å². The Bertz CT molecular complexity index is 1010. The van der Waals surface area contributed by atoms with Crippen molar-refractivity contribution in [2.45, 2.75) is 6.61 Å². The molecule has 138 valence electrons. The molecular formula is C18H12Cl2N2O4S. The maximum absolute atomic E-state index is 12.4. The molecule has 2 aromatic carbocycles. The zero-order chi connectivity index (χ0) is 19.4. The summed E-state index contributed by atoms with van der Waals surface area (Å²) in [6.45, 7) is 0.269. The normalized spacial score (nSPS) is 10.4. The van der Waals surface area contributed by atoms with Gasteiger partial charge in [0.15, 0.2) is 0 Å². The van der Waals surface area contributed by atoms with Crippen LogP contribution in [-0.2, 0) is 6.61 Å².